The van der Waals surface area contributed by atoms with Crippen molar-refractivity contribution in [3.05, 3.63) is 74.7 Å². The van der Waals surface area contributed by atoms with Crippen molar-refractivity contribution in [1.29, 1.82) is 0 Å². The van der Waals surface area contributed by atoms with Crippen molar-refractivity contribution >= 4 is 44.0 Å². The van der Waals surface area contributed by atoms with Crippen molar-refractivity contribution in [3.63, 3.8) is 0 Å². The quantitative estimate of drug-likeness (QED) is 0.422. The standard InChI is InChI=1S/C20H13BBr2/c22-14-6-4-12-10-21-11-13-5-7-15(23)9-19(13)17-3-1-2-16(20(17)21)18(12)8-14/h1-9H,10-11H2. The Kier molecular flexibility index (Phi) is 3.11. The zero-order valence-electron chi connectivity index (χ0n) is 12.4. The van der Waals surface area contributed by atoms with E-state index in [1.807, 2.05) is 0 Å². The molecule has 0 fully saturated rings. The number of hydrogen-bond acceptors (Lipinski definition) is 0. The summed E-state index contributed by atoms with van der Waals surface area (Å²) < 4.78 is 2.32. The summed E-state index contributed by atoms with van der Waals surface area (Å²) in [6.45, 7) is 0.601. The van der Waals surface area contributed by atoms with Gasteiger partial charge in [0.15, 0.2) is 6.71 Å². The summed E-state index contributed by atoms with van der Waals surface area (Å²) in [7, 11) is 0. The van der Waals surface area contributed by atoms with Crippen LogP contribution in [0.1, 0.15) is 11.1 Å². The fourth-order valence-electron chi connectivity index (χ4n) is 4.24. The first-order valence-electron chi connectivity index (χ1n) is 7.91. The van der Waals surface area contributed by atoms with E-state index in [-0.39, 0.29) is 0 Å². The molecule has 0 radical (unpaired) electrons. The van der Waals surface area contributed by atoms with Crippen molar-refractivity contribution in [2.45, 2.75) is 12.6 Å². The molecule has 0 saturated heterocycles. The van der Waals surface area contributed by atoms with E-state index in [4.69, 9.17) is 0 Å². The van der Waals surface area contributed by atoms with Crippen LogP contribution in [0.5, 0.6) is 0 Å². The number of benzene rings is 3. The van der Waals surface area contributed by atoms with E-state index in [9.17, 15) is 0 Å². The number of rotatable bonds is 0. The van der Waals surface area contributed by atoms with Crippen LogP contribution in [-0.4, -0.2) is 6.71 Å². The van der Waals surface area contributed by atoms with Crippen molar-refractivity contribution in [1.82, 2.24) is 0 Å². The Morgan fingerprint density at radius 3 is 1.70 bits per heavy atom. The highest BCUT2D eigenvalue weighted by molar-refractivity contribution is 9.10. The molecule has 0 aliphatic carbocycles. The van der Waals surface area contributed by atoms with Crippen molar-refractivity contribution in [3.8, 4) is 22.3 Å². The smallest absolute Gasteiger partial charge is 0.0640 e. The normalized spacial score (nSPS) is 14.1. The summed E-state index contributed by atoms with van der Waals surface area (Å²) in [4.78, 5) is 0. The van der Waals surface area contributed by atoms with Crippen LogP contribution >= 0.6 is 31.9 Å². The Balaban J connectivity index is 1.84. The molecule has 5 rings (SSSR count). The minimum atomic E-state index is 0.601. The minimum Gasteiger partial charge on any atom is -0.0640 e. The molecule has 3 heteroatoms. The van der Waals surface area contributed by atoms with Crippen molar-refractivity contribution in [2.24, 2.45) is 0 Å². The van der Waals surface area contributed by atoms with Gasteiger partial charge in [-0.1, -0.05) is 67.7 Å². The second kappa shape index (κ2) is 5.09. The molecular formula is C20H13BBr2. The topological polar surface area (TPSA) is 0 Å². The molecule has 2 heterocycles. The summed E-state index contributed by atoms with van der Waals surface area (Å²) in [5, 5.41) is 0. The van der Waals surface area contributed by atoms with Gasteiger partial charge in [-0.2, -0.15) is 0 Å². The van der Waals surface area contributed by atoms with Gasteiger partial charge in [-0.25, -0.2) is 0 Å². The molecule has 110 valence electrons. The highest BCUT2D eigenvalue weighted by Gasteiger charge is 2.34. The lowest BCUT2D eigenvalue weighted by molar-refractivity contribution is 1.24. The van der Waals surface area contributed by atoms with E-state index >= 15 is 0 Å². The molecule has 2 aliphatic heterocycles. The summed E-state index contributed by atoms with van der Waals surface area (Å²) in [5.41, 5.74) is 10.1. The number of halogens is 2. The van der Waals surface area contributed by atoms with Crippen molar-refractivity contribution < 1.29 is 0 Å². The molecular weight excluding hydrogens is 411 g/mol. The number of fused-ring (bicyclic) bond motifs is 4. The highest BCUT2D eigenvalue weighted by Crippen LogP contribution is 2.39. The predicted octanol–water partition coefficient (Wildman–Crippen LogP) is 5.44. The Hall–Kier alpha value is -1.32. The molecule has 0 spiro atoms. The van der Waals surface area contributed by atoms with Crippen LogP contribution in [0.3, 0.4) is 0 Å². The van der Waals surface area contributed by atoms with Gasteiger partial charge in [-0.15, -0.1) is 0 Å². The van der Waals surface area contributed by atoms with E-state index in [2.05, 4.69) is 86.5 Å². The van der Waals surface area contributed by atoms with Crippen molar-refractivity contribution in [2.75, 3.05) is 0 Å². The molecule has 0 aromatic heterocycles. The van der Waals surface area contributed by atoms with E-state index in [0.717, 1.165) is 21.6 Å². The molecule has 2 aliphatic rings. The van der Waals surface area contributed by atoms with Crippen LogP contribution in [0, 0.1) is 0 Å². The molecule has 23 heavy (non-hydrogen) atoms. The second-order valence-electron chi connectivity index (χ2n) is 6.47. The maximum absolute atomic E-state index is 3.64. The average molecular weight is 424 g/mol. The minimum absolute atomic E-state index is 0.601. The maximum atomic E-state index is 3.64. The first-order valence-corrected chi connectivity index (χ1v) is 9.50. The molecule has 0 nitrogen and oxygen atoms in total. The third-order valence-electron chi connectivity index (χ3n) is 5.17. The van der Waals surface area contributed by atoms with Crippen LogP contribution in [0.15, 0.2) is 63.5 Å². The first kappa shape index (κ1) is 14.1. The van der Waals surface area contributed by atoms with Gasteiger partial charge in [0.2, 0.25) is 0 Å². The van der Waals surface area contributed by atoms with E-state index < -0.39 is 0 Å². The zero-order valence-corrected chi connectivity index (χ0v) is 15.6. The Labute approximate surface area is 153 Å². The predicted molar refractivity (Wildman–Crippen MR) is 106 cm³/mol. The highest BCUT2D eigenvalue weighted by atomic mass is 79.9. The average Bonchev–Trinajstić information content (AvgIpc) is 2.56. The maximum Gasteiger partial charge on any atom is 0.186 e. The second-order valence-corrected chi connectivity index (χ2v) is 8.31. The Bertz CT molecular complexity index is 888. The monoisotopic (exact) mass is 422 g/mol. The zero-order chi connectivity index (χ0) is 15.6. The van der Waals surface area contributed by atoms with Gasteiger partial charge in [-0.05, 0) is 70.3 Å². The van der Waals surface area contributed by atoms with Crippen LogP contribution in [0.4, 0.5) is 0 Å². The largest absolute Gasteiger partial charge is 0.186 e. The molecule has 0 saturated carbocycles. The lowest BCUT2D eigenvalue weighted by Gasteiger charge is -2.33. The SMILES string of the molecule is Brc1ccc2c(c1)-c1cccc3c1B(C2)Cc1ccc(Br)cc1-3. The third-order valence-corrected chi connectivity index (χ3v) is 6.16. The third kappa shape index (κ3) is 2.10. The molecule has 0 amide bonds. The van der Waals surface area contributed by atoms with Crippen LogP contribution in [0.2, 0.25) is 0 Å². The van der Waals surface area contributed by atoms with E-state index in [0.29, 0.717) is 6.71 Å². The van der Waals surface area contributed by atoms with Crippen LogP contribution in [-0.2, 0) is 12.6 Å². The van der Waals surface area contributed by atoms with E-state index in [1.54, 1.807) is 5.46 Å². The van der Waals surface area contributed by atoms with Crippen LogP contribution in [0.25, 0.3) is 22.3 Å². The summed E-state index contributed by atoms with van der Waals surface area (Å²) in [5.74, 6) is 0. The Morgan fingerprint density at radius 1 is 0.652 bits per heavy atom. The lowest BCUT2D eigenvalue weighted by atomic mass is 9.33. The van der Waals surface area contributed by atoms with Crippen LogP contribution < -0.4 is 5.46 Å². The summed E-state index contributed by atoms with van der Waals surface area (Å²) in [6, 6.07) is 20.2. The van der Waals surface area contributed by atoms with E-state index in [1.165, 1.54) is 33.4 Å². The summed E-state index contributed by atoms with van der Waals surface area (Å²) >= 11 is 7.27. The molecule has 0 unspecified atom stereocenters. The molecule has 0 atom stereocenters. The van der Waals surface area contributed by atoms with Gasteiger partial charge in [0, 0.05) is 8.95 Å². The van der Waals surface area contributed by atoms with Gasteiger partial charge >= 0.3 is 0 Å². The Morgan fingerprint density at radius 2 is 1.17 bits per heavy atom. The van der Waals surface area contributed by atoms with Gasteiger partial charge in [-0.3, -0.25) is 0 Å². The number of hydrogen-bond donors (Lipinski definition) is 0. The molecule has 0 bridgehead atoms. The molecule has 3 aromatic carbocycles. The summed E-state index contributed by atoms with van der Waals surface area (Å²) in [6.07, 6.45) is 2.28. The van der Waals surface area contributed by atoms with Gasteiger partial charge in [0.05, 0.1) is 0 Å². The fourth-order valence-corrected chi connectivity index (χ4v) is 4.96. The first-order chi connectivity index (χ1) is 11.2. The molecule has 3 aromatic rings. The van der Waals surface area contributed by atoms with Gasteiger partial charge < -0.3 is 0 Å². The van der Waals surface area contributed by atoms with Gasteiger partial charge in [0.25, 0.3) is 0 Å². The van der Waals surface area contributed by atoms with Gasteiger partial charge in [0.1, 0.15) is 0 Å². The fraction of sp³-hybridized carbons (Fsp3) is 0.100. The lowest BCUT2D eigenvalue weighted by Crippen LogP contribution is -2.43. The molecule has 0 N–H and O–H groups in total.